The summed E-state index contributed by atoms with van der Waals surface area (Å²) in [5.74, 6) is 0.817. The maximum Gasteiger partial charge on any atom is 0.126 e. The lowest BCUT2D eigenvalue weighted by atomic mass is 10.1. The molecule has 3 aromatic rings. The third kappa shape index (κ3) is 2.03. The summed E-state index contributed by atoms with van der Waals surface area (Å²) in [5.41, 5.74) is 9.85. The molecular weight excluding hydrogens is 248 g/mol. The molecule has 100 valence electrons. The zero-order chi connectivity index (χ0) is 13.9. The van der Waals surface area contributed by atoms with Gasteiger partial charge in [-0.3, -0.25) is 0 Å². The van der Waals surface area contributed by atoms with Gasteiger partial charge in [0.1, 0.15) is 5.75 Å². The van der Waals surface area contributed by atoms with Gasteiger partial charge in [0.15, 0.2) is 0 Å². The topological polar surface area (TPSA) is 51.0 Å². The standard InChI is InChI=1S/C17H16N2O/c1-20-17-8-7-15-14(13(17)9-10-18)11-16(19-15)12-5-3-2-4-6-12/h2-11,19H,18H2,1H3/b10-9+. The van der Waals surface area contributed by atoms with Crippen LogP contribution >= 0.6 is 0 Å². The van der Waals surface area contributed by atoms with Crippen LogP contribution in [0, 0.1) is 0 Å². The molecule has 2 aromatic carbocycles. The predicted molar refractivity (Wildman–Crippen MR) is 83.5 cm³/mol. The second kappa shape index (κ2) is 5.13. The smallest absolute Gasteiger partial charge is 0.126 e. The average molecular weight is 264 g/mol. The van der Waals surface area contributed by atoms with Crippen molar-refractivity contribution in [1.29, 1.82) is 0 Å². The SMILES string of the molecule is COc1ccc2[nH]c(-c3ccccc3)cc2c1/C=C/N. The van der Waals surface area contributed by atoms with Crippen molar-refractivity contribution in [2.45, 2.75) is 0 Å². The van der Waals surface area contributed by atoms with Gasteiger partial charge >= 0.3 is 0 Å². The van der Waals surface area contributed by atoms with E-state index < -0.39 is 0 Å². The number of ether oxygens (including phenoxy) is 1. The molecule has 3 heteroatoms. The Morgan fingerprint density at radius 2 is 1.90 bits per heavy atom. The van der Waals surface area contributed by atoms with Crippen LogP contribution in [0.15, 0.2) is 54.7 Å². The van der Waals surface area contributed by atoms with Crippen LogP contribution in [0.2, 0.25) is 0 Å². The summed E-state index contributed by atoms with van der Waals surface area (Å²) in [5, 5.41) is 1.10. The Labute approximate surface area is 117 Å². The van der Waals surface area contributed by atoms with E-state index in [1.165, 1.54) is 6.20 Å². The van der Waals surface area contributed by atoms with Gasteiger partial charge in [0, 0.05) is 22.2 Å². The van der Waals surface area contributed by atoms with Crippen LogP contribution < -0.4 is 10.5 Å². The maximum absolute atomic E-state index is 5.55. The van der Waals surface area contributed by atoms with Gasteiger partial charge < -0.3 is 15.5 Å². The zero-order valence-electron chi connectivity index (χ0n) is 11.3. The molecule has 0 spiro atoms. The summed E-state index contributed by atoms with van der Waals surface area (Å²) < 4.78 is 5.40. The van der Waals surface area contributed by atoms with Gasteiger partial charge in [-0.05, 0) is 36.0 Å². The number of fused-ring (bicyclic) bond motifs is 1. The fraction of sp³-hybridized carbons (Fsp3) is 0.0588. The van der Waals surface area contributed by atoms with Gasteiger partial charge in [0.05, 0.1) is 7.11 Å². The first-order valence-corrected chi connectivity index (χ1v) is 6.47. The van der Waals surface area contributed by atoms with Crippen LogP contribution in [0.3, 0.4) is 0 Å². The molecule has 3 N–H and O–H groups in total. The molecule has 0 atom stereocenters. The van der Waals surface area contributed by atoms with Crippen LogP contribution in [-0.2, 0) is 0 Å². The van der Waals surface area contributed by atoms with Crippen molar-refractivity contribution < 1.29 is 4.74 Å². The molecule has 0 amide bonds. The second-order valence-corrected chi connectivity index (χ2v) is 4.55. The van der Waals surface area contributed by atoms with E-state index in [4.69, 9.17) is 10.5 Å². The highest BCUT2D eigenvalue weighted by Gasteiger charge is 2.09. The molecule has 1 aromatic heterocycles. The van der Waals surface area contributed by atoms with Gasteiger partial charge in [-0.1, -0.05) is 30.3 Å². The molecule has 0 fully saturated rings. The summed E-state index contributed by atoms with van der Waals surface area (Å²) in [6.07, 6.45) is 3.40. The van der Waals surface area contributed by atoms with E-state index in [1.54, 1.807) is 7.11 Å². The lowest BCUT2D eigenvalue weighted by Crippen LogP contribution is -1.88. The maximum atomic E-state index is 5.55. The third-order valence-corrected chi connectivity index (χ3v) is 3.37. The molecule has 0 aliphatic heterocycles. The number of hydrogen-bond acceptors (Lipinski definition) is 2. The summed E-state index contributed by atoms with van der Waals surface area (Å²) >= 11 is 0. The predicted octanol–water partition coefficient (Wildman–Crippen LogP) is 3.77. The Bertz CT molecular complexity index is 757. The van der Waals surface area contributed by atoms with E-state index in [0.717, 1.165) is 33.5 Å². The minimum absolute atomic E-state index is 0.817. The first kappa shape index (κ1) is 12.4. The summed E-state index contributed by atoms with van der Waals surface area (Å²) in [6.45, 7) is 0. The van der Waals surface area contributed by atoms with Crippen LogP contribution in [-0.4, -0.2) is 12.1 Å². The second-order valence-electron chi connectivity index (χ2n) is 4.55. The van der Waals surface area contributed by atoms with Gasteiger partial charge in [-0.2, -0.15) is 0 Å². The number of nitrogens with one attached hydrogen (secondary N) is 1. The Morgan fingerprint density at radius 1 is 1.10 bits per heavy atom. The number of rotatable bonds is 3. The quantitative estimate of drug-likeness (QED) is 0.756. The average Bonchev–Trinajstić information content (AvgIpc) is 2.93. The van der Waals surface area contributed by atoms with E-state index in [0.29, 0.717) is 0 Å². The van der Waals surface area contributed by atoms with Crippen molar-refractivity contribution >= 4 is 17.0 Å². The molecular formula is C17H16N2O. The van der Waals surface area contributed by atoms with Crippen molar-refractivity contribution in [3.63, 3.8) is 0 Å². The van der Waals surface area contributed by atoms with Gasteiger partial charge in [0.25, 0.3) is 0 Å². The van der Waals surface area contributed by atoms with Crippen molar-refractivity contribution in [2.75, 3.05) is 7.11 Å². The zero-order valence-corrected chi connectivity index (χ0v) is 11.3. The van der Waals surface area contributed by atoms with Crippen LogP contribution in [0.4, 0.5) is 0 Å². The highest BCUT2D eigenvalue weighted by atomic mass is 16.5. The normalized spacial score (nSPS) is 11.2. The first-order chi connectivity index (χ1) is 9.83. The van der Waals surface area contributed by atoms with Crippen molar-refractivity contribution in [1.82, 2.24) is 4.98 Å². The molecule has 0 saturated heterocycles. The minimum atomic E-state index is 0.817. The lowest BCUT2D eigenvalue weighted by Gasteiger charge is -2.05. The number of nitrogens with two attached hydrogens (primary N) is 1. The summed E-state index contributed by atoms with van der Waals surface area (Å²) in [4.78, 5) is 3.43. The molecule has 0 aliphatic carbocycles. The molecule has 0 aliphatic rings. The van der Waals surface area contributed by atoms with E-state index in [9.17, 15) is 0 Å². The highest BCUT2D eigenvalue weighted by molar-refractivity contribution is 5.94. The Balaban J connectivity index is 2.23. The van der Waals surface area contributed by atoms with E-state index in [-0.39, 0.29) is 0 Å². The molecule has 3 nitrogen and oxygen atoms in total. The minimum Gasteiger partial charge on any atom is -0.496 e. The number of methoxy groups -OCH3 is 1. The van der Waals surface area contributed by atoms with E-state index in [2.05, 4.69) is 23.2 Å². The molecule has 3 rings (SSSR count). The van der Waals surface area contributed by atoms with Crippen LogP contribution in [0.25, 0.3) is 28.2 Å². The lowest BCUT2D eigenvalue weighted by molar-refractivity contribution is 0.414. The van der Waals surface area contributed by atoms with Gasteiger partial charge in [-0.15, -0.1) is 0 Å². The van der Waals surface area contributed by atoms with Crippen LogP contribution in [0.5, 0.6) is 5.75 Å². The van der Waals surface area contributed by atoms with Gasteiger partial charge in [-0.25, -0.2) is 0 Å². The monoisotopic (exact) mass is 264 g/mol. The fourth-order valence-corrected chi connectivity index (χ4v) is 2.43. The number of hydrogen-bond donors (Lipinski definition) is 2. The number of aromatic amines is 1. The first-order valence-electron chi connectivity index (χ1n) is 6.47. The van der Waals surface area contributed by atoms with Crippen LogP contribution in [0.1, 0.15) is 5.56 Å². The highest BCUT2D eigenvalue weighted by Crippen LogP contribution is 2.32. The van der Waals surface area contributed by atoms with E-state index >= 15 is 0 Å². The molecule has 20 heavy (non-hydrogen) atoms. The Hall–Kier alpha value is -2.68. The number of aromatic nitrogens is 1. The van der Waals surface area contributed by atoms with Crippen molar-refractivity contribution in [3.05, 3.63) is 60.3 Å². The van der Waals surface area contributed by atoms with Crippen molar-refractivity contribution in [3.8, 4) is 17.0 Å². The Kier molecular flexibility index (Phi) is 3.17. The Morgan fingerprint density at radius 3 is 2.60 bits per heavy atom. The fourth-order valence-electron chi connectivity index (χ4n) is 2.43. The van der Waals surface area contributed by atoms with E-state index in [1.807, 2.05) is 36.4 Å². The summed E-state index contributed by atoms with van der Waals surface area (Å²) in [6, 6.07) is 16.3. The largest absolute Gasteiger partial charge is 0.496 e. The third-order valence-electron chi connectivity index (χ3n) is 3.37. The molecule has 0 saturated carbocycles. The molecule has 0 bridgehead atoms. The summed E-state index contributed by atoms with van der Waals surface area (Å²) in [7, 11) is 1.67. The number of H-pyrrole nitrogens is 1. The molecule has 1 heterocycles. The molecule has 0 unspecified atom stereocenters. The molecule has 0 radical (unpaired) electrons. The van der Waals surface area contributed by atoms with Gasteiger partial charge in [0.2, 0.25) is 0 Å². The van der Waals surface area contributed by atoms with Crippen molar-refractivity contribution in [2.24, 2.45) is 5.73 Å². The number of benzene rings is 2.